The van der Waals surface area contributed by atoms with Gasteiger partial charge in [0.15, 0.2) is 5.75 Å². The van der Waals surface area contributed by atoms with Crippen LogP contribution in [0.1, 0.15) is 31.2 Å². The van der Waals surface area contributed by atoms with Crippen LogP contribution < -0.4 is 4.74 Å². The van der Waals surface area contributed by atoms with Crippen LogP contribution in [0.4, 0.5) is 0 Å². The van der Waals surface area contributed by atoms with Gasteiger partial charge in [0.05, 0.1) is 21.3 Å². The molecular weight excluding hydrogens is 386 g/mol. The van der Waals surface area contributed by atoms with E-state index in [2.05, 4.69) is 82.3 Å². The van der Waals surface area contributed by atoms with E-state index in [0.717, 1.165) is 34.7 Å². The van der Waals surface area contributed by atoms with Crippen LogP contribution in [0.15, 0.2) is 54.6 Å². The Morgan fingerprint density at radius 1 is 0.933 bits per heavy atom. The van der Waals surface area contributed by atoms with E-state index < -0.39 is 0 Å². The Morgan fingerprint density at radius 2 is 1.67 bits per heavy atom. The first-order valence-electron chi connectivity index (χ1n) is 10.5. The first-order valence-corrected chi connectivity index (χ1v) is 11.3. The molecule has 3 heteroatoms. The molecule has 0 fully saturated rings. The molecule has 0 amide bonds. The Morgan fingerprint density at radius 3 is 2.47 bits per heavy atom. The monoisotopic (exact) mass is 409 g/mol. The number of nitrogens with zero attached hydrogens (tertiary/aromatic N) is 1. The fraction of sp³-hybridized carbons (Fsp3) is 0.222. The Bertz CT molecular complexity index is 1490. The van der Waals surface area contributed by atoms with Crippen molar-refractivity contribution in [2.45, 2.75) is 34.1 Å². The Hall–Kier alpha value is -2.91. The van der Waals surface area contributed by atoms with E-state index in [-0.39, 0.29) is 5.41 Å². The lowest BCUT2D eigenvalue weighted by molar-refractivity contribution is 0.403. The standard InChI is InChI=1S/C27H23NOS/c1-15-17-10-6-5-9-16(17)13-19-23-22-25(29-24(15)19)21(14-27(2,3)4)30-26(22)18-11-7-8-12-20(18)28-23/h5-13H,14H2,1-4H3. The highest BCUT2D eigenvalue weighted by atomic mass is 32.1. The topological polar surface area (TPSA) is 22.1 Å². The van der Waals surface area contributed by atoms with Crippen molar-refractivity contribution < 1.29 is 4.74 Å². The summed E-state index contributed by atoms with van der Waals surface area (Å²) in [4.78, 5) is 6.47. The van der Waals surface area contributed by atoms with Crippen LogP contribution in [0.2, 0.25) is 0 Å². The van der Waals surface area contributed by atoms with Gasteiger partial charge in [0.25, 0.3) is 0 Å². The molecule has 2 aromatic heterocycles. The number of rotatable bonds is 1. The third kappa shape index (κ3) is 2.51. The molecule has 0 unspecified atom stereocenters. The van der Waals surface area contributed by atoms with Crippen LogP contribution in [0.5, 0.6) is 11.5 Å². The number of aromatic nitrogens is 1. The van der Waals surface area contributed by atoms with Gasteiger partial charge in [-0.3, -0.25) is 0 Å². The third-order valence-electron chi connectivity index (χ3n) is 5.95. The Balaban J connectivity index is 1.77. The average molecular weight is 410 g/mol. The molecule has 3 aromatic carbocycles. The third-order valence-corrected chi connectivity index (χ3v) is 7.15. The van der Waals surface area contributed by atoms with Crippen molar-refractivity contribution in [1.29, 1.82) is 0 Å². The molecular formula is C27H23NOS. The summed E-state index contributed by atoms with van der Waals surface area (Å²) in [5, 5.41) is 4.87. The molecule has 1 aliphatic rings. The number of fused-ring (bicyclic) bond motifs is 5. The summed E-state index contributed by atoms with van der Waals surface area (Å²) in [6.07, 6.45) is 0.984. The highest BCUT2D eigenvalue weighted by Gasteiger charge is 2.30. The first-order chi connectivity index (χ1) is 14.4. The summed E-state index contributed by atoms with van der Waals surface area (Å²) in [6.45, 7) is 9.03. The second-order valence-corrected chi connectivity index (χ2v) is 10.6. The first kappa shape index (κ1) is 17.9. The van der Waals surface area contributed by atoms with Gasteiger partial charge in [0.2, 0.25) is 0 Å². The zero-order valence-electron chi connectivity index (χ0n) is 17.7. The molecule has 2 nitrogen and oxygen atoms in total. The fourth-order valence-corrected chi connectivity index (χ4v) is 6.19. The largest absolute Gasteiger partial charge is 0.454 e. The number of hydrogen-bond donors (Lipinski definition) is 0. The van der Waals surface area contributed by atoms with Crippen LogP contribution >= 0.6 is 11.3 Å². The van der Waals surface area contributed by atoms with Gasteiger partial charge >= 0.3 is 0 Å². The normalized spacial score (nSPS) is 13.1. The number of aryl methyl sites for hydroxylation is 1. The van der Waals surface area contributed by atoms with Gasteiger partial charge in [-0.15, -0.1) is 11.3 Å². The van der Waals surface area contributed by atoms with Gasteiger partial charge in [-0.2, -0.15) is 0 Å². The molecule has 0 saturated heterocycles. The minimum atomic E-state index is 0.183. The summed E-state index contributed by atoms with van der Waals surface area (Å²) in [5.74, 6) is 1.97. The van der Waals surface area contributed by atoms with Crippen LogP contribution in [-0.2, 0) is 6.42 Å². The molecule has 1 aliphatic heterocycles. The number of benzene rings is 3. The summed E-state index contributed by atoms with van der Waals surface area (Å²) >= 11 is 1.87. The SMILES string of the molecule is Cc1c2c(cc3ccccc13)-c1nc3ccccc3c3sc(CC(C)(C)C)c(c13)O2. The van der Waals surface area contributed by atoms with Crippen molar-refractivity contribution in [3.05, 3.63) is 65.0 Å². The van der Waals surface area contributed by atoms with Crippen LogP contribution in [0.25, 0.3) is 43.0 Å². The maximum Gasteiger partial charge on any atom is 0.151 e. The molecule has 0 atom stereocenters. The number of thiophene rings is 1. The second-order valence-electron chi connectivity index (χ2n) is 9.47. The zero-order valence-corrected chi connectivity index (χ0v) is 18.5. The average Bonchev–Trinajstić information content (AvgIpc) is 3.06. The van der Waals surface area contributed by atoms with Gasteiger partial charge < -0.3 is 4.74 Å². The molecule has 0 N–H and O–H groups in total. The highest BCUT2D eigenvalue weighted by molar-refractivity contribution is 7.20. The lowest BCUT2D eigenvalue weighted by atomic mass is 9.90. The molecule has 6 rings (SSSR count). The predicted molar refractivity (Wildman–Crippen MR) is 128 cm³/mol. The molecule has 0 spiro atoms. The highest BCUT2D eigenvalue weighted by Crippen LogP contribution is 2.55. The van der Waals surface area contributed by atoms with E-state index in [1.165, 1.54) is 36.7 Å². The zero-order chi connectivity index (χ0) is 20.6. The second kappa shape index (κ2) is 6.05. The maximum atomic E-state index is 6.72. The van der Waals surface area contributed by atoms with Crippen molar-refractivity contribution in [1.82, 2.24) is 4.98 Å². The van der Waals surface area contributed by atoms with E-state index >= 15 is 0 Å². The van der Waals surface area contributed by atoms with E-state index in [0.29, 0.717) is 0 Å². The van der Waals surface area contributed by atoms with Gasteiger partial charge in [0, 0.05) is 21.4 Å². The van der Waals surface area contributed by atoms with Gasteiger partial charge in [-0.1, -0.05) is 63.2 Å². The van der Waals surface area contributed by atoms with E-state index in [1.807, 2.05) is 11.3 Å². The molecule has 5 aromatic rings. The van der Waals surface area contributed by atoms with E-state index in [9.17, 15) is 0 Å². The molecule has 0 bridgehead atoms. The molecule has 30 heavy (non-hydrogen) atoms. The van der Waals surface area contributed by atoms with Crippen molar-refractivity contribution in [2.75, 3.05) is 0 Å². The number of pyridine rings is 1. The predicted octanol–water partition coefficient (Wildman–Crippen LogP) is 8.27. The summed E-state index contributed by atoms with van der Waals surface area (Å²) < 4.78 is 8.02. The minimum absolute atomic E-state index is 0.183. The lowest BCUT2D eigenvalue weighted by Crippen LogP contribution is -2.09. The maximum absolute atomic E-state index is 6.72. The minimum Gasteiger partial charge on any atom is -0.454 e. The summed E-state index contributed by atoms with van der Waals surface area (Å²) in [5.41, 5.74) is 4.58. The number of ether oxygens (including phenoxy) is 1. The van der Waals surface area contributed by atoms with Gasteiger partial charge in [-0.05, 0) is 41.7 Å². The molecule has 0 aliphatic carbocycles. The lowest BCUT2D eigenvalue weighted by Gasteiger charge is -2.23. The molecule has 148 valence electrons. The van der Waals surface area contributed by atoms with E-state index in [4.69, 9.17) is 9.72 Å². The van der Waals surface area contributed by atoms with Crippen LogP contribution in [-0.4, -0.2) is 4.98 Å². The molecule has 3 heterocycles. The van der Waals surface area contributed by atoms with Crippen molar-refractivity contribution in [3.63, 3.8) is 0 Å². The van der Waals surface area contributed by atoms with Crippen LogP contribution in [0.3, 0.4) is 0 Å². The van der Waals surface area contributed by atoms with Crippen molar-refractivity contribution in [2.24, 2.45) is 5.41 Å². The van der Waals surface area contributed by atoms with Gasteiger partial charge in [-0.25, -0.2) is 4.98 Å². The number of para-hydroxylation sites is 1. The van der Waals surface area contributed by atoms with Gasteiger partial charge in [0.1, 0.15) is 5.75 Å². The summed E-state index contributed by atoms with van der Waals surface area (Å²) in [6, 6.07) is 19.3. The smallest absolute Gasteiger partial charge is 0.151 e. The van der Waals surface area contributed by atoms with Crippen molar-refractivity contribution >= 4 is 43.1 Å². The molecule has 0 radical (unpaired) electrons. The molecule has 0 saturated carbocycles. The quantitative estimate of drug-likeness (QED) is 0.272. The van der Waals surface area contributed by atoms with Crippen molar-refractivity contribution in [3.8, 4) is 22.8 Å². The summed E-state index contributed by atoms with van der Waals surface area (Å²) in [7, 11) is 0. The fourth-order valence-electron chi connectivity index (χ4n) is 4.63. The number of hydrogen-bond acceptors (Lipinski definition) is 3. The Labute approximate surface area is 180 Å². The van der Waals surface area contributed by atoms with Crippen LogP contribution in [0, 0.1) is 12.3 Å². The Kier molecular flexibility index (Phi) is 3.61. The van der Waals surface area contributed by atoms with E-state index in [1.54, 1.807) is 0 Å².